The monoisotopic (exact) mass is 260 g/mol. The van der Waals surface area contributed by atoms with Crippen LogP contribution in [0.2, 0.25) is 0 Å². The van der Waals surface area contributed by atoms with Crippen LogP contribution in [0, 0.1) is 0 Å². The Labute approximate surface area is 115 Å². The van der Waals surface area contributed by atoms with Gasteiger partial charge in [-0.1, -0.05) is 0 Å². The lowest BCUT2D eigenvalue weighted by Crippen LogP contribution is -2.35. The van der Waals surface area contributed by atoms with Crippen LogP contribution in [0.25, 0.3) is 0 Å². The van der Waals surface area contributed by atoms with Crippen molar-refractivity contribution in [3.05, 3.63) is 24.0 Å². The number of aromatic nitrogens is 1. The molecule has 1 aromatic rings. The van der Waals surface area contributed by atoms with E-state index < -0.39 is 0 Å². The average Bonchev–Trinajstić information content (AvgIpc) is 3.10. The van der Waals surface area contributed by atoms with Crippen molar-refractivity contribution in [2.75, 3.05) is 31.1 Å². The maximum Gasteiger partial charge on any atom is 0.0569 e. The van der Waals surface area contributed by atoms with E-state index in [1.54, 1.807) is 0 Å². The molecule has 2 N–H and O–H groups in total. The van der Waals surface area contributed by atoms with Crippen LogP contribution in [0.3, 0.4) is 0 Å². The normalized spacial score (nSPS) is 26.0. The third-order valence-corrected chi connectivity index (χ3v) is 4.42. The van der Waals surface area contributed by atoms with E-state index in [2.05, 4.69) is 26.9 Å². The van der Waals surface area contributed by atoms with E-state index in [1.807, 2.05) is 13.1 Å². The van der Waals surface area contributed by atoms with E-state index in [1.165, 1.54) is 38.0 Å². The molecule has 4 heteroatoms. The number of pyridine rings is 1. The van der Waals surface area contributed by atoms with E-state index in [4.69, 9.17) is 5.73 Å². The van der Waals surface area contributed by atoms with E-state index in [-0.39, 0.29) is 6.04 Å². The van der Waals surface area contributed by atoms with Gasteiger partial charge in [-0.3, -0.25) is 9.88 Å². The summed E-state index contributed by atoms with van der Waals surface area (Å²) in [4.78, 5) is 9.58. The van der Waals surface area contributed by atoms with Crippen molar-refractivity contribution in [2.24, 2.45) is 5.73 Å². The molecular weight excluding hydrogens is 236 g/mol. The summed E-state index contributed by atoms with van der Waals surface area (Å²) in [6, 6.07) is 4.99. The lowest BCUT2D eigenvalue weighted by Gasteiger charge is -2.24. The minimum Gasteiger partial charge on any atom is -0.369 e. The fourth-order valence-electron chi connectivity index (χ4n) is 3.24. The van der Waals surface area contributed by atoms with Gasteiger partial charge in [-0.15, -0.1) is 0 Å². The summed E-state index contributed by atoms with van der Waals surface area (Å²) in [7, 11) is 0. The molecule has 2 aliphatic heterocycles. The van der Waals surface area contributed by atoms with Crippen molar-refractivity contribution in [3.8, 4) is 0 Å². The Balaban J connectivity index is 1.63. The third-order valence-electron chi connectivity index (χ3n) is 4.42. The molecule has 3 rings (SSSR count). The summed E-state index contributed by atoms with van der Waals surface area (Å²) in [5.74, 6) is 0. The Morgan fingerprint density at radius 3 is 2.68 bits per heavy atom. The largest absolute Gasteiger partial charge is 0.369 e. The van der Waals surface area contributed by atoms with Gasteiger partial charge in [0, 0.05) is 25.2 Å². The molecule has 0 spiro atoms. The maximum absolute atomic E-state index is 5.84. The minimum atomic E-state index is 0.0185. The molecule has 2 fully saturated rings. The van der Waals surface area contributed by atoms with Gasteiger partial charge in [-0.05, 0) is 51.4 Å². The van der Waals surface area contributed by atoms with Gasteiger partial charge in [0.2, 0.25) is 0 Å². The third kappa shape index (κ3) is 2.74. The van der Waals surface area contributed by atoms with E-state index in [0.29, 0.717) is 0 Å². The zero-order valence-corrected chi connectivity index (χ0v) is 11.8. The fraction of sp³-hybridized carbons (Fsp3) is 0.667. The number of nitrogens with two attached hydrogens (primary N) is 1. The molecule has 0 bridgehead atoms. The quantitative estimate of drug-likeness (QED) is 0.900. The summed E-state index contributed by atoms with van der Waals surface area (Å²) in [5, 5.41) is 0. The number of anilines is 1. The Bertz CT molecular complexity index is 409. The number of hydrogen-bond acceptors (Lipinski definition) is 4. The van der Waals surface area contributed by atoms with Crippen LogP contribution in [0.15, 0.2) is 18.3 Å². The van der Waals surface area contributed by atoms with Crippen LogP contribution in [-0.2, 0) is 0 Å². The molecular formula is C15H24N4. The van der Waals surface area contributed by atoms with Crippen molar-refractivity contribution in [1.82, 2.24) is 9.88 Å². The number of rotatable bonds is 3. The van der Waals surface area contributed by atoms with E-state index in [0.717, 1.165) is 24.8 Å². The Morgan fingerprint density at radius 2 is 2.05 bits per heavy atom. The molecule has 0 amide bonds. The van der Waals surface area contributed by atoms with Gasteiger partial charge in [0.05, 0.1) is 17.6 Å². The highest BCUT2D eigenvalue weighted by molar-refractivity contribution is 5.46. The topological polar surface area (TPSA) is 45.4 Å². The molecule has 0 aromatic carbocycles. The van der Waals surface area contributed by atoms with Gasteiger partial charge in [0.25, 0.3) is 0 Å². The molecule has 0 aliphatic carbocycles. The summed E-state index contributed by atoms with van der Waals surface area (Å²) >= 11 is 0. The van der Waals surface area contributed by atoms with Crippen molar-refractivity contribution in [1.29, 1.82) is 0 Å². The highest BCUT2D eigenvalue weighted by Crippen LogP contribution is 2.25. The lowest BCUT2D eigenvalue weighted by atomic mass is 10.2. The van der Waals surface area contributed by atoms with Crippen molar-refractivity contribution in [2.45, 2.75) is 38.3 Å². The summed E-state index contributed by atoms with van der Waals surface area (Å²) in [6.45, 7) is 6.86. The smallest absolute Gasteiger partial charge is 0.0569 e. The second kappa shape index (κ2) is 5.47. The summed E-state index contributed by atoms with van der Waals surface area (Å²) in [6.07, 6.45) is 6.02. The van der Waals surface area contributed by atoms with Gasteiger partial charge in [0.15, 0.2) is 0 Å². The van der Waals surface area contributed by atoms with Crippen LogP contribution in [0.1, 0.15) is 37.9 Å². The first-order chi connectivity index (χ1) is 9.24. The highest BCUT2D eigenvalue weighted by atomic mass is 15.3. The fourth-order valence-corrected chi connectivity index (χ4v) is 3.24. The zero-order valence-electron chi connectivity index (χ0n) is 11.8. The van der Waals surface area contributed by atoms with Gasteiger partial charge < -0.3 is 10.6 Å². The molecule has 19 heavy (non-hydrogen) atoms. The van der Waals surface area contributed by atoms with Gasteiger partial charge >= 0.3 is 0 Å². The zero-order chi connectivity index (χ0) is 13.2. The molecule has 0 radical (unpaired) electrons. The molecule has 0 saturated carbocycles. The molecule has 1 aromatic heterocycles. The Morgan fingerprint density at radius 1 is 1.26 bits per heavy atom. The van der Waals surface area contributed by atoms with E-state index >= 15 is 0 Å². The van der Waals surface area contributed by atoms with Crippen molar-refractivity contribution >= 4 is 5.69 Å². The van der Waals surface area contributed by atoms with Crippen molar-refractivity contribution in [3.63, 3.8) is 0 Å². The predicted molar refractivity (Wildman–Crippen MR) is 78.3 cm³/mol. The molecule has 4 nitrogen and oxygen atoms in total. The number of likely N-dealkylation sites (tertiary alicyclic amines) is 1. The number of nitrogens with zero attached hydrogens (tertiary/aromatic N) is 3. The van der Waals surface area contributed by atoms with Gasteiger partial charge in [-0.25, -0.2) is 0 Å². The second-order valence-corrected chi connectivity index (χ2v) is 5.86. The van der Waals surface area contributed by atoms with Gasteiger partial charge in [-0.2, -0.15) is 0 Å². The molecule has 2 unspecified atom stereocenters. The average molecular weight is 260 g/mol. The summed E-state index contributed by atoms with van der Waals surface area (Å²) in [5.41, 5.74) is 8.05. The van der Waals surface area contributed by atoms with Crippen LogP contribution in [0.4, 0.5) is 5.69 Å². The first-order valence-corrected chi connectivity index (χ1v) is 7.44. The number of hydrogen-bond donors (Lipinski definition) is 1. The lowest BCUT2D eigenvalue weighted by molar-refractivity contribution is 0.260. The predicted octanol–water partition coefficient (Wildman–Crippen LogP) is 1.78. The molecule has 3 heterocycles. The van der Waals surface area contributed by atoms with Crippen LogP contribution >= 0.6 is 0 Å². The SMILES string of the molecule is CC(N)c1ccc(N2CCC(N3CCCC3)C2)cn1. The minimum absolute atomic E-state index is 0.0185. The Hall–Kier alpha value is -1.13. The first-order valence-electron chi connectivity index (χ1n) is 7.44. The van der Waals surface area contributed by atoms with Crippen LogP contribution in [-0.4, -0.2) is 42.1 Å². The first kappa shape index (κ1) is 12.9. The molecule has 2 saturated heterocycles. The highest BCUT2D eigenvalue weighted by Gasteiger charge is 2.29. The van der Waals surface area contributed by atoms with Crippen LogP contribution < -0.4 is 10.6 Å². The van der Waals surface area contributed by atoms with Crippen LogP contribution in [0.5, 0.6) is 0 Å². The van der Waals surface area contributed by atoms with E-state index in [9.17, 15) is 0 Å². The molecule has 2 atom stereocenters. The summed E-state index contributed by atoms with van der Waals surface area (Å²) < 4.78 is 0. The molecule has 104 valence electrons. The van der Waals surface area contributed by atoms with Gasteiger partial charge in [0.1, 0.15) is 0 Å². The standard InChI is InChI=1S/C15H24N4/c1-12(16)15-5-4-13(10-17-15)19-9-6-14(11-19)18-7-2-3-8-18/h4-5,10,12,14H,2-3,6-9,11,16H2,1H3. The maximum atomic E-state index is 5.84. The Kier molecular flexibility index (Phi) is 3.71. The second-order valence-electron chi connectivity index (χ2n) is 5.86. The molecule has 2 aliphatic rings. The van der Waals surface area contributed by atoms with Crippen molar-refractivity contribution < 1.29 is 0 Å².